The third-order valence-electron chi connectivity index (χ3n) is 4.43. The van der Waals surface area contributed by atoms with Crippen LogP contribution < -0.4 is 4.74 Å². The normalized spacial score (nSPS) is 12.9. The second-order valence-corrected chi connectivity index (χ2v) is 6.64. The molecule has 3 aromatic rings. The van der Waals surface area contributed by atoms with Crippen molar-refractivity contribution in [2.75, 3.05) is 0 Å². The molecule has 0 spiro atoms. The van der Waals surface area contributed by atoms with Crippen LogP contribution >= 0.6 is 0 Å². The van der Waals surface area contributed by atoms with E-state index in [1.807, 2.05) is 32.0 Å². The Balaban J connectivity index is 1.70. The molecule has 6 nitrogen and oxygen atoms in total. The van der Waals surface area contributed by atoms with Crippen molar-refractivity contribution in [3.63, 3.8) is 0 Å². The van der Waals surface area contributed by atoms with E-state index in [0.717, 1.165) is 16.7 Å². The van der Waals surface area contributed by atoms with Gasteiger partial charge in [-0.3, -0.25) is 4.79 Å². The molecule has 0 radical (unpaired) electrons. The van der Waals surface area contributed by atoms with Gasteiger partial charge in [-0.25, -0.2) is 4.85 Å². The first-order chi connectivity index (χ1) is 13.1. The highest BCUT2D eigenvalue weighted by Crippen LogP contribution is 2.35. The summed E-state index contributed by atoms with van der Waals surface area (Å²) in [7, 11) is 0. The molecule has 0 saturated carbocycles. The quantitative estimate of drug-likeness (QED) is 0.622. The van der Waals surface area contributed by atoms with Crippen LogP contribution in [0.25, 0.3) is 27.7 Å². The lowest BCUT2D eigenvalue weighted by atomic mass is 10.0. The summed E-state index contributed by atoms with van der Waals surface area (Å²) >= 11 is 0. The van der Waals surface area contributed by atoms with Gasteiger partial charge in [-0.1, -0.05) is 23.4 Å². The molecule has 0 fully saturated rings. The second kappa shape index (κ2) is 6.69. The van der Waals surface area contributed by atoms with Crippen LogP contribution in [0.2, 0.25) is 0 Å². The van der Waals surface area contributed by atoms with Gasteiger partial charge in [0.05, 0.1) is 12.7 Å². The zero-order chi connectivity index (χ0) is 19.0. The highest BCUT2D eigenvalue weighted by Gasteiger charge is 2.24. The van der Waals surface area contributed by atoms with Crippen molar-refractivity contribution in [3.8, 4) is 28.6 Å². The van der Waals surface area contributed by atoms with E-state index < -0.39 is 0 Å². The summed E-state index contributed by atoms with van der Waals surface area (Å²) in [5.74, 6) is 1.46. The maximum atomic E-state index is 12.0. The Labute approximate surface area is 156 Å². The number of hydrogen-bond acceptors (Lipinski definition) is 5. The molecule has 1 heterocycles. The number of nitrogens with zero attached hydrogens (tertiary/aromatic N) is 3. The van der Waals surface area contributed by atoms with E-state index in [1.165, 1.54) is 0 Å². The van der Waals surface area contributed by atoms with Gasteiger partial charge < -0.3 is 9.26 Å². The molecule has 134 valence electrons. The number of ketones is 1. The molecule has 0 atom stereocenters. The highest BCUT2D eigenvalue weighted by molar-refractivity contribution is 6.02. The largest absolute Gasteiger partial charge is 0.502 e. The van der Waals surface area contributed by atoms with E-state index in [0.29, 0.717) is 41.6 Å². The number of carbonyl (C=O) groups is 1. The molecule has 27 heavy (non-hydrogen) atoms. The summed E-state index contributed by atoms with van der Waals surface area (Å²) in [4.78, 5) is 20.0. The third-order valence-corrected chi connectivity index (χ3v) is 4.43. The first-order valence-corrected chi connectivity index (χ1v) is 8.74. The second-order valence-electron chi connectivity index (χ2n) is 6.64. The van der Waals surface area contributed by atoms with Gasteiger partial charge in [-0.05, 0) is 44.0 Å². The molecule has 0 saturated heterocycles. The molecule has 4 rings (SSSR count). The van der Waals surface area contributed by atoms with Gasteiger partial charge in [0.15, 0.2) is 5.78 Å². The molecule has 1 aromatic heterocycles. The maximum Gasteiger partial charge on any atom is 0.256 e. The van der Waals surface area contributed by atoms with E-state index in [2.05, 4.69) is 15.0 Å². The van der Waals surface area contributed by atoms with E-state index in [4.69, 9.17) is 15.8 Å². The lowest BCUT2D eigenvalue weighted by molar-refractivity contribution is 0.0994. The van der Waals surface area contributed by atoms with E-state index in [9.17, 15) is 4.79 Å². The van der Waals surface area contributed by atoms with Gasteiger partial charge in [0.1, 0.15) is 5.75 Å². The van der Waals surface area contributed by atoms with Crippen LogP contribution in [-0.4, -0.2) is 22.0 Å². The van der Waals surface area contributed by atoms with Crippen molar-refractivity contribution in [3.05, 3.63) is 58.9 Å². The number of Topliss-reactive ketones (excluding diaryl/α,β-unsaturated/α-hetero) is 1. The fourth-order valence-electron chi connectivity index (χ4n) is 3.24. The standard InChI is InChI=1S/C21H17N3O3/c1-12(2)26-19-10-7-13(11-17(19)22-3)21-23-20(24-27-21)16-6-4-5-15-14(16)8-9-18(15)25/h4-7,10-12H,8-9H2,1-2H3. The van der Waals surface area contributed by atoms with Gasteiger partial charge in [0.25, 0.3) is 5.89 Å². The number of fused-ring (bicyclic) bond motifs is 1. The van der Waals surface area contributed by atoms with Crippen molar-refractivity contribution < 1.29 is 14.1 Å². The Morgan fingerprint density at radius 2 is 2.00 bits per heavy atom. The first-order valence-electron chi connectivity index (χ1n) is 8.74. The highest BCUT2D eigenvalue weighted by atomic mass is 16.5. The zero-order valence-electron chi connectivity index (χ0n) is 15.0. The lowest BCUT2D eigenvalue weighted by Crippen LogP contribution is -2.05. The van der Waals surface area contributed by atoms with Gasteiger partial charge >= 0.3 is 0 Å². The minimum atomic E-state index is -0.0192. The minimum Gasteiger partial charge on any atom is -0.502 e. The average Bonchev–Trinajstić information content (AvgIpc) is 3.29. The maximum absolute atomic E-state index is 12.0. The van der Waals surface area contributed by atoms with Crippen LogP contribution in [0.4, 0.5) is 5.69 Å². The summed E-state index contributed by atoms with van der Waals surface area (Å²) in [6, 6.07) is 10.8. The third kappa shape index (κ3) is 3.08. The number of carbonyl (C=O) groups excluding carboxylic acids is 1. The van der Waals surface area contributed by atoms with Crippen LogP contribution in [-0.2, 0) is 6.42 Å². The molecule has 1 aliphatic carbocycles. The molecule has 0 unspecified atom stereocenters. The predicted molar refractivity (Wildman–Crippen MR) is 99.8 cm³/mol. The average molecular weight is 359 g/mol. The zero-order valence-corrected chi connectivity index (χ0v) is 15.0. The minimum absolute atomic E-state index is 0.0192. The Bertz CT molecular complexity index is 1080. The molecule has 0 aliphatic heterocycles. The van der Waals surface area contributed by atoms with Crippen molar-refractivity contribution in [2.45, 2.75) is 32.8 Å². The topological polar surface area (TPSA) is 69.6 Å². The van der Waals surface area contributed by atoms with Gasteiger partial charge in [-0.15, -0.1) is 0 Å². The first kappa shape index (κ1) is 17.0. The molecule has 2 aromatic carbocycles. The molecular formula is C21H17N3O3. The predicted octanol–water partition coefficient (Wildman–Crippen LogP) is 4.87. The number of hydrogen-bond donors (Lipinski definition) is 0. The van der Waals surface area contributed by atoms with Gasteiger partial charge in [-0.2, -0.15) is 4.98 Å². The van der Waals surface area contributed by atoms with Crippen LogP contribution in [0.1, 0.15) is 36.2 Å². The van der Waals surface area contributed by atoms with Crippen molar-refractivity contribution in [2.24, 2.45) is 0 Å². The van der Waals surface area contributed by atoms with Crippen LogP contribution in [0.3, 0.4) is 0 Å². The smallest absolute Gasteiger partial charge is 0.256 e. The Kier molecular flexibility index (Phi) is 4.21. The van der Waals surface area contributed by atoms with Crippen LogP contribution in [0, 0.1) is 6.57 Å². The molecule has 0 amide bonds. The lowest BCUT2D eigenvalue weighted by Gasteiger charge is -2.11. The van der Waals surface area contributed by atoms with Gasteiger partial charge in [0, 0.05) is 23.1 Å². The van der Waals surface area contributed by atoms with Crippen molar-refractivity contribution in [1.29, 1.82) is 0 Å². The van der Waals surface area contributed by atoms with Crippen LogP contribution in [0.5, 0.6) is 5.75 Å². The summed E-state index contributed by atoms with van der Waals surface area (Å²) in [5.41, 5.74) is 3.58. The SMILES string of the molecule is [C-]#[N+]c1cc(-c2nc(-c3cccc4c3CCC4=O)no2)ccc1OC(C)C. The summed E-state index contributed by atoms with van der Waals surface area (Å²) in [5, 5.41) is 4.09. The van der Waals surface area contributed by atoms with E-state index >= 15 is 0 Å². The molecular weight excluding hydrogens is 342 g/mol. The summed E-state index contributed by atoms with van der Waals surface area (Å²) in [6.45, 7) is 11.2. The molecule has 0 bridgehead atoms. The van der Waals surface area contributed by atoms with Gasteiger partial charge in [0.2, 0.25) is 11.5 Å². The number of rotatable bonds is 4. The Morgan fingerprint density at radius 3 is 2.78 bits per heavy atom. The van der Waals surface area contributed by atoms with E-state index in [1.54, 1.807) is 18.2 Å². The summed E-state index contributed by atoms with van der Waals surface area (Å²) < 4.78 is 11.1. The summed E-state index contributed by atoms with van der Waals surface area (Å²) in [6.07, 6.45) is 1.19. The molecule has 6 heteroatoms. The molecule has 1 aliphatic rings. The Hall–Kier alpha value is -3.46. The van der Waals surface area contributed by atoms with Crippen LogP contribution in [0.15, 0.2) is 40.9 Å². The fourth-order valence-corrected chi connectivity index (χ4v) is 3.24. The van der Waals surface area contributed by atoms with E-state index in [-0.39, 0.29) is 11.9 Å². The van der Waals surface area contributed by atoms with Crippen molar-refractivity contribution in [1.82, 2.24) is 10.1 Å². The molecule has 0 N–H and O–H groups in total. The number of aromatic nitrogens is 2. The number of benzene rings is 2. The monoisotopic (exact) mass is 359 g/mol. The Morgan fingerprint density at radius 1 is 1.19 bits per heavy atom. The fraction of sp³-hybridized carbons (Fsp3) is 0.238. The van der Waals surface area contributed by atoms with Crippen molar-refractivity contribution >= 4 is 11.5 Å². The number of ether oxygens (including phenoxy) is 1.